The minimum absolute atomic E-state index is 0.303. The average Bonchev–Trinajstić information content (AvgIpc) is 1.62. The summed E-state index contributed by atoms with van der Waals surface area (Å²) in [6, 6.07) is 65.3. The number of hydrogen-bond donors (Lipinski definition) is 0. The lowest BCUT2D eigenvalue weighted by atomic mass is 9.81. The second-order valence-electron chi connectivity index (χ2n) is 20.9. The van der Waals surface area contributed by atoms with Crippen molar-refractivity contribution in [3.8, 4) is 149 Å². The maximum Gasteiger partial charge on any atom is 0.266 e. The summed E-state index contributed by atoms with van der Waals surface area (Å²) in [4.78, 5) is 36.2. The van der Waals surface area contributed by atoms with Crippen molar-refractivity contribution in [3.63, 3.8) is 0 Å². The summed E-state index contributed by atoms with van der Waals surface area (Å²) in [5.74, 6) is 2.83. The molecule has 20 heteroatoms. The molecule has 12 heterocycles. The van der Waals surface area contributed by atoms with E-state index < -0.39 is 0 Å². The fraction of sp³-hybridized carbons (Fsp3) is 0.0435. The fourth-order valence-corrected chi connectivity index (χ4v) is 10.4. The fourth-order valence-electron chi connectivity index (χ4n) is 10.4. The zero-order valence-electron chi connectivity index (χ0n) is 47.2. The van der Waals surface area contributed by atoms with Crippen molar-refractivity contribution in [1.82, 2.24) is 80.7 Å². The molecule has 12 aromatic heterocycles. The summed E-state index contributed by atoms with van der Waals surface area (Å²) in [5, 5.41) is 34.3. The molecule has 15 aromatic rings. The Morgan fingerprint density at radius 1 is 0.236 bits per heavy atom. The smallest absolute Gasteiger partial charge is 0.266 e. The van der Waals surface area contributed by atoms with Gasteiger partial charge >= 0.3 is 0 Å². The highest BCUT2D eigenvalue weighted by Crippen LogP contribution is 2.51. The zero-order chi connectivity index (χ0) is 59.7. The molecule has 0 aliphatic heterocycles. The van der Waals surface area contributed by atoms with Gasteiger partial charge in [0, 0.05) is 52.5 Å². The molecular formula is C69H44N16O4. The first kappa shape index (κ1) is 53.2. The van der Waals surface area contributed by atoms with Gasteiger partial charge in [-0.05, 0) is 162 Å². The molecule has 20 nitrogen and oxygen atoms in total. The molecule has 1 aliphatic carbocycles. The minimum atomic E-state index is -0.320. The van der Waals surface area contributed by atoms with Gasteiger partial charge in [-0.15, -0.1) is 40.8 Å². The van der Waals surface area contributed by atoms with E-state index >= 15 is 0 Å². The van der Waals surface area contributed by atoms with Crippen LogP contribution < -0.4 is 0 Å². The van der Waals surface area contributed by atoms with Gasteiger partial charge in [-0.2, -0.15) is 0 Å². The molecule has 16 rings (SSSR count). The number of nitrogens with zero attached hydrogens (tertiary/aromatic N) is 16. The summed E-state index contributed by atoms with van der Waals surface area (Å²) in [7, 11) is 0. The van der Waals surface area contributed by atoms with Crippen LogP contribution in [0, 0.1) is 0 Å². The molecule has 0 saturated heterocycles. The van der Waals surface area contributed by atoms with E-state index in [0.717, 1.165) is 67.5 Å². The lowest BCUT2D eigenvalue weighted by Crippen LogP contribution is -2.15. The van der Waals surface area contributed by atoms with Crippen LogP contribution in [0.4, 0.5) is 0 Å². The van der Waals surface area contributed by atoms with Crippen LogP contribution in [0.5, 0.6) is 0 Å². The van der Waals surface area contributed by atoms with Crippen LogP contribution in [0.15, 0.2) is 249 Å². The highest BCUT2D eigenvalue weighted by atomic mass is 16.4. The largest absolute Gasteiger partial charge is 0.415 e. The van der Waals surface area contributed by atoms with E-state index in [2.05, 4.69) is 109 Å². The van der Waals surface area contributed by atoms with E-state index in [1.54, 1.807) is 24.8 Å². The van der Waals surface area contributed by atoms with Gasteiger partial charge in [0.2, 0.25) is 23.6 Å². The molecule has 424 valence electrons. The lowest BCUT2D eigenvalue weighted by molar-refractivity contribution is 0.580. The van der Waals surface area contributed by atoms with Crippen molar-refractivity contribution in [2.24, 2.45) is 0 Å². The van der Waals surface area contributed by atoms with E-state index in [1.807, 2.05) is 182 Å². The van der Waals surface area contributed by atoms with Gasteiger partial charge in [0.15, 0.2) is 0 Å². The standard InChI is InChI=1S/C39H26N8O2.C30H18N8O2/c1-39(2)27-21-23(35-44-46-37(48-35)33-13-7-11-31(42-33)29-9-3-5-19-40-29)15-17-25(27)26-18-16-24(22-28(26)39)36-45-47-38(49-36)34-14-8-12-32(43-34)30-10-4-6-20-41-30;1-3-16-31-21(10-1)23-12-6-14-25(33-23)29-37-35-27(39-29)19-8-5-9-20(18-19)28-36-38-30(40-28)26-15-7-13-24(34-26)22-11-2-4-17-32-22/h3-22H,1-2H3;1-18H. The van der Waals surface area contributed by atoms with Gasteiger partial charge in [-0.1, -0.05) is 80.6 Å². The number of fused-ring (bicyclic) bond motifs is 3. The maximum absolute atomic E-state index is 6.16. The Balaban J connectivity index is 0.000000152. The molecule has 1 aliphatic rings. The number of rotatable bonds is 12. The van der Waals surface area contributed by atoms with Crippen molar-refractivity contribution in [2.75, 3.05) is 0 Å². The third kappa shape index (κ3) is 10.6. The monoisotopic (exact) mass is 1160 g/mol. The maximum atomic E-state index is 6.16. The molecule has 0 bridgehead atoms. The molecule has 0 unspecified atom stereocenters. The first-order valence-corrected chi connectivity index (χ1v) is 28.1. The number of hydrogen-bond acceptors (Lipinski definition) is 20. The number of aromatic nitrogens is 16. The predicted molar refractivity (Wildman–Crippen MR) is 329 cm³/mol. The van der Waals surface area contributed by atoms with Crippen LogP contribution in [-0.4, -0.2) is 80.7 Å². The molecule has 0 fully saturated rings. The topological polar surface area (TPSA) is 259 Å². The first-order valence-electron chi connectivity index (χ1n) is 28.1. The minimum Gasteiger partial charge on any atom is -0.415 e. The van der Waals surface area contributed by atoms with E-state index in [-0.39, 0.29) is 5.41 Å². The van der Waals surface area contributed by atoms with E-state index in [9.17, 15) is 0 Å². The lowest BCUT2D eigenvalue weighted by Gasteiger charge is -2.22. The van der Waals surface area contributed by atoms with E-state index in [4.69, 9.17) is 27.6 Å². The number of pyridine rings is 8. The summed E-state index contributed by atoms with van der Waals surface area (Å²) in [5.41, 5.74) is 15.6. The summed E-state index contributed by atoms with van der Waals surface area (Å²) >= 11 is 0. The molecular weight excluding hydrogens is 1120 g/mol. The molecule has 0 spiro atoms. The molecule has 0 amide bonds. The van der Waals surface area contributed by atoms with Crippen molar-refractivity contribution in [3.05, 3.63) is 242 Å². The van der Waals surface area contributed by atoms with E-state index in [1.165, 1.54) is 0 Å². The summed E-state index contributed by atoms with van der Waals surface area (Å²) in [6.45, 7) is 4.42. The highest BCUT2D eigenvalue weighted by Gasteiger charge is 2.37. The third-order valence-corrected chi connectivity index (χ3v) is 14.8. The van der Waals surface area contributed by atoms with Gasteiger partial charge in [0.05, 0.1) is 45.6 Å². The quantitative estimate of drug-likeness (QED) is 0.110. The molecule has 0 saturated carbocycles. The van der Waals surface area contributed by atoms with Gasteiger partial charge in [-0.3, -0.25) is 19.9 Å². The third-order valence-electron chi connectivity index (χ3n) is 14.8. The van der Waals surface area contributed by atoms with Crippen molar-refractivity contribution in [1.29, 1.82) is 0 Å². The van der Waals surface area contributed by atoms with Crippen LogP contribution in [0.25, 0.3) is 149 Å². The predicted octanol–water partition coefficient (Wildman–Crippen LogP) is 14.4. The Morgan fingerprint density at radius 3 is 0.787 bits per heavy atom. The van der Waals surface area contributed by atoms with Gasteiger partial charge in [0.25, 0.3) is 23.6 Å². The average molecular weight is 1160 g/mol. The molecule has 89 heavy (non-hydrogen) atoms. The van der Waals surface area contributed by atoms with Crippen molar-refractivity contribution < 1.29 is 17.7 Å². The second kappa shape index (κ2) is 22.8. The van der Waals surface area contributed by atoms with Crippen LogP contribution in [-0.2, 0) is 5.41 Å². The van der Waals surface area contributed by atoms with Gasteiger partial charge in [-0.25, -0.2) is 19.9 Å². The Labute approximate surface area is 506 Å². The SMILES string of the molecule is CC1(C)c2cc(-c3nnc(-c4cccc(-c5ccccn5)n4)o3)ccc2-c2ccc(-c3nnc(-c4cccc(-c5ccccn5)n4)o3)cc21.c1ccc(-c2cccc(-c3nnc(-c4cccc(-c5nnc(-c6cccc(-c7ccccn7)n6)o5)c4)o3)n2)nc1. The molecule has 0 N–H and O–H groups in total. The summed E-state index contributed by atoms with van der Waals surface area (Å²) in [6.07, 6.45) is 6.94. The highest BCUT2D eigenvalue weighted by molar-refractivity contribution is 5.85. The summed E-state index contributed by atoms with van der Waals surface area (Å²) < 4.78 is 24.3. The van der Waals surface area contributed by atoms with Crippen molar-refractivity contribution >= 4 is 0 Å². The second-order valence-corrected chi connectivity index (χ2v) is 20.9. The Morgan fingerprint density at radius 2 is 0.494 bits per heavy atom. The number of benzene rings is 3. The first-order chi connectivity index (χ1) is 43.8. The van der Waals surface area contributed by atoms with Crippen LogP contribution in [0.1, 0.15) is 25.0 Å². The Kier molecular flexibility index (Phi) is 13.6. The zero-order valence-corrected chi connectivity index (χ0v) is 47.2. The molecule has 0 radical (unpaired) electrons. The Bertz CT molecular complexity index is 4730. The molecule has 0 atom stereocenters. The van der Waals surface area contributed by atoms with Crippen LogP contribution in [0.2, 0.25) is 0 Å². The van der Waals surface area contributed by atoms with Crippen LogP contribution in [0.3, 0.4) is 0 Å². The molecule has 3 aromatic carbocycles. The van der Waals surface area contributed by atoms with Crippen molar-refractivity contribution in [2.45, 2.75) is 19.3 Å². The van der Waals surface area contributed by atoms with E-state index in [0.29, 0.717) is 92.4 Å². The normalized spacial score (nSPS) is 12.0. The Hall–Kier alpha value is -12.6. The van der Waals surface area contributed by atoms with Gasteiger partial charge in [0.1, 0.15) is 22.8 Å². The van der Waals surface area contributed by atoms with Crippen LogP contribution >= 0.6 is 0 Å². The van der Waals surface area contributed by atoms with Gasteiger partial charge < -0.3 is 17.7 Å².